The Morgan fingerprint density at radius 2 is 2.04 bits per heavy atom. The van der Waals surface area contributed by atoms with Crippen LogP contribution < -0.4 is 10.6 Å². The third kappa shape index (κ3) is 7.87. The first-order valence-corrected chi connectivity index (χ1v) is 8.77. The topological polar surface area (TPSA) is 85.6 Å². The standard InChI is InChI=1S/C16H30N6O2.HI/c1-17-16(18-8-6-10-24-12-11-23-2)19-13-15-21-20-14-7-4-3-5-9-22(14)15;/h3-13H2,1-2H3,(H2,17,18,19);1H. The van der Waals surface area contributed by atoms with E-state index in [0.29, 0.717) is 26.4 Å². The molecule has 0 atom stereocenters. The van der Waals surface area contributed by atoms with Crippen molar-refractivity contribution in [2.75, 3.05) is 40.5 Å². The van der Waals surface area contributed by atoms with Gasteiger partial charge in [0.15, 0.2) is 11.8 Å². The molecule has 0 saturated heterocycles. The zero-order chi connectivity index (χ0) is 17.0. The van der Waals surface area contributed by atoms with Gasteiger partial charge in [-0.15, -0.1) is 34.2 Å². The number of hydrogen-bond acceptors (Lipinski definition) is 5. The van der Waals surface area contributed by atoms with Gasteiger partial charge in [0.25, 0.3) is 0 Å². The molecule has 0 saturated carbocycles. The number of aromatic nitrogens is 3. The number of fused-ring (bicyclic) bond motifs is 1. The molecule has 0 amide bonds. The second-order valence-electron chi connectivity index (χ2n) is 5.81. The van der Waals surface area contributed by atoms with Gasteiger partial charge in [0.05, 0.1) is 19.8 Å². The van der Waals surface area contributed by atoms with Gasteiger partial charge < -0.3 is 24.7 Å². The average Bonchev–Trinajstić information content (AvgIpc) is 2.83. The van der Waals surface area contributed by atoms with E-state index >= 15 is 0 Å². The van der Waals surface area contributed by atoms with Crippen molar-refractivity contribution in [2.24, 2.45) is 4.99 Å². The molecular formula is C16H31IN6O2. The lowest BCUT2D eigenvalue weighted by Crippen LogP contribution is -2.38. The number of aryl methyl sites for hydroxylation is 1. The molecule has 0 bridgehead atoms. The molecule has 0 aliphatic carbocycles. The summed E-state index contributed by atoms with van der Waals surface area (Å²) >= 11 is 0. The van der Waals surface area contributed by atoms with Gasteiger partial charge in [-0.2, -0.15) is 0 Å². The first kappa shape index (κ1) is 22.1. The Morgan fingerprint density at radius 1 is 1.16 bits per heavy atom. The highest BCUT2D eigenvalue weighted by Crippen LogP contribution is 2.14. The summed E-state index contributed by atoms with van der Waals surface area (Å²) in [4.78, 5) is 4.24. The Morgan fingerprint density at radius 3 is 2.84 bits per heavy atom. The first-order valence-electron chi connectivity index (χ1n) is 8.77. The summed E-state index contributed by atoms with van der Waals surface area (Å²) in [6, 6.07) is 0. The quantitative estimate of drug-likeness (QED) is 0.247. The van der Waals surface area contributed by atoms with E-state index in [1.807, 2.05) is 0 Å². The maximum atomic E-state index is 5.44. The third-order valence-corrected chi connectivity index (χ3v) is 4.01. The minimum Gasteiger partial charge on any atom is -0.382 e. The maximum absolute atomic E-state index is 5.44. The number of nitrogens with one attached hydrogen (secondary N) is 2. The number of hydrogen-bond donors (Lipinski definition) is 2. The van der Waals surface area contributed by atoms with Crippen LogP contribution in [0.4, 0.5) is 0 Å². The fourth-order valence-electron chi connectivity index (χ4n) is 2.68. The van der Waals surface area contributed by atoms with Crippen molar-refractivity contribution in [1.82, 2.24) is 25.4 Å². The van der Waals surface area contributed by atoms with Crippen LogP contribution in [-0.4, -0.2) is 61.2 Å². The van der Waals surface area contributed by atoms with E-state index in [0.717, 1.165) is 43.5 Å². The Hall–Kier alpha value is -0.940. The Bertz CT molecular complexity index is 509. The van der Waals surface area contributed by atoms with Crippen molar-refractivity contribution in [3.05, 3.63) is 11.6 Å². The van der Waals surface area contributed by atoms with E-state index < -0.39 is 0 Å². The summed E-state index contributed by atoms with van der Waals surface area (Å²) in [7, 11) is 3.45. The van der Waals surface area contributed by atoms with Gasteiger partial charge in [0.2, 0.25) is 0 Å². The van der Waals surface area contributed by atoms with Crippen LogP contribution in [0.15, 0.2) is 4.99 Å². The molecule has 1 aromatic rings. The molecule has 9 heteroatoms. The molecule has 0 unspecified atom stereocenters. The number of ether oxygens (including phenoxy) is 2. The number of methoxy groups -OCH3 is 1. The van der Waals surface area contributed by atoms with Gasteiger partial charge in [-0.1, -0.05) is 6.42 Å². The minimum atomic E-state index is 0. The predicted octanol–water partition coefficient (Wildman–Crippen LogP) is 1.34. The fraction of sp³-hybridized carbons (Fsp3) is 0.812. The highest BCUT2D eigenvalue weighted by Gasteiger charge is 2.14. The highest BCUT2D eigenvalue weighted by atomic mass is 127. The predicted molar refractivity (Wildman–Crippen MR) is 109 cm³/mol. The van der Waals surface area contributed by atoms with Crippen LogP contribution in [-0.2, 0) is 29.0 Å². The minimum absolute atomic E-state index is 0. The highest BCUT2D eigenvalue weighted by molar-refractivity contribution is 14.0. The maximum Gasteiger partial charge on any atom is 0.191 e. The molecule has 144 valence electrons. The largest absolute Gasteiger partial charge is 0.382 e. The second kappa shape index (κ2) is 13.3. The lowest BCUT2D eigenvalue weighted by molar-refractivity contribution is 0.0698. The zero-order valence-corrected chi connectivity index (χ0v) is 17.6. The molecule has 0 radical (unpaired) electrons. The molecule has 2 heterocycles. The van der Waals surface area contributed by atoms with Crippen LogP contribution in [0.25, 0.3) is 0 Å². The lowest BCUT2D eigenvalue weighted by atomic mass is 10.2. The van der Waals surface area contributed by atoms with E-state index in [9.17, 15) is 0 Å². The monoisotopic (exact) mass is 466 g/mol. The zero-order valence-electron chi connectivity index (χ0n) is 15.3. The van der Waals surface area contributed by atoms with Crippen molar-refractivity contribution in [1.29, 1.82) is 0 Å². The van der Waals surface area contributed by atoms with Crippen molar-refractivity contribution < 1.29 is 9.47 Å². The summed E-state index contributed by atoms with van der Waals surface area (Å²) in [6.07, 6.45) is 5.63. The van der Waals surface area contributed by atoms with E-state index in [-0.39, 0.29) is 24.0 Å². The average molecular weight is 466 g/mol. The number of halogens is 1. The van der Waals surface area contributed by atoms with E-state index in [4.69, 9.17) is 9.47 Å². The first-order chi connectivity index (χ1) is 11.8. The van der Waals surface area contributed by atoms with E-state index in [1.54, 1.807) is 14.2 Å². The Balaban J connectivity index is 0.00000312. The van der Waals surface area contributed by atoms with E-state index in [2.05, 4.69) is 30.4 Å². The van der Waals surface area contributed by atoms with Crippen LogP contribution >= 0.6 is 24.0 Å². The van der Waals surface area contributed by atoms with Crippen molar-refractivity contribution >= 4 is 29.9 Å². The molecule has 1 aliphatic rings. The summed E-state index contributed by atoms with van der Waals surface area (Å²) in [5, 5.41) is 15.2. The molecular weight excluding hydrogens is 435 g/mol. The molecule has 2 rings (SSSR count). The van der Waals surface area contributed by atoms with Gasteiger partial charge in [-0.3, -0.25) is 4.99 Å². The van der Waals surface area contributed by atoms with E-state index in [1.165, 1.54) is 19.3 Å². The molecule has 0 spiro atoms. The molecule has 1 aliphatic heterocycles. The molecule has 25 heavy (non-hydrogen) atoms. The smallest absolute Gasteiger partial charge is 0.191 e. The molecule has 0 fully saturated rings. The SMILES string of the molecule is CN=C(NCCCOCCOC)NCc1nnc2n1CCCCC2.I. The molecule has 0 aromatic carbocycles. The van der Waals surface area contributed by atoms with Gasteiger partial charge in [0, 0.05) is 40.3 Å². The Labute approximate surface area is 167 Å². The van der Waals surface area contributed by atoms with Crippen molar-refractivity contribution in [2.45, 2.75) is 45.2 Å². The summed E-state index contributed by atoms with van der Waals surface area (Å²) in [5.41, 5.74) is 0. The van der Waals surface area contributed by atoms with Gasteiger partial charge in [-0.25, -0.2) is 0 Å². The van der Waals surface area contributed by atoms with Crippen LogP contribution in [0.2, 0.25) is 0 Å². The van der Waals surface area contributed by atoms with Crippen LogP contribution in [0.3, 0.4) is 0 Å². The summed E-state index contributed by atoms with van der Waals surface area (Å²) < 4.78 is 12.6. The molecule has 8 nitrogen and oxygen atoms in total. The van der Waals surface area contributed by atoms with Gasteiger partial charge >= 0.3 is 0 Å². The van der Waals surface area contributed by atoms with Crippen molar-refractivity contribution in [3.63, 3.8) is 0 Å². The molecule has 2 N–H and O–H groups in total. The summed E-state index contributed by atoms with van der Waals surface area (Å²) in [5.74, 6) is 2.87. The second-order valence-corrected chi connectivity index (χ2v) is 5.81. The number of rotatable bonds is 9. The summed E-state index contributed by atoms with van der Waals surface area (Å²) in [6.45, 7) is 4.46. The number of aliphatic imine (C=N–C) groups is 1. The number of nitrogens with zero attached hydrogens (tertiary/aromatic N) is 4. The number of guanidine groups is 1. The Kier molecular flexibility index (Phi) is 11.7. The van der Waals surface area contributed by atoms with Gasteiger partial charge in [0.1, 0.15) is 5.82 Å². The van der Waals surface area contributed by atoms with Crippen LogP contribution in [0, 0.1) is 0 Å². The normalized spacial score (nSPS) is 14.4. The lowest BCUT2D eigenvalue weighted by Gasteiger charge is -2.12. The third-order valence-electron chi connectivity index (χ3n) is 4.01. The van der Waals surface area contributed by atoms with Gasteiger partial charge in [-0.05, 0) is 19.3 Å². The molecule has 1 aromatic heterocycles. The van der Waals surface area contributed by atoms with Crippen molar-refractivity contribution in [3.8, 4) is 0 Å². The van der Waals surface area contributed by atoms with Crippen LogP contribution in [0.5, 0.6) is 0 Å². The fourth-order valence-corrected chi connectivity index (χ4v) is 2.68. The van der Waals surface area contributed by atoms with Crippen LogP contribution in [0.1, 0.15) is 37.3 Å².